The van der Waals surface area contributed by atoms with Crippen LogP contribution in [0, 0.1) is 10.1 Å². The monoisotopic (exact) mass is 361 g/mol. The predicted octanol–water partition coefficient (Wildman–Crippen LogP) is 3.11. The number of nitrogens with zero attached hydrogens (tertiary/aromatic N) is 1. The average Bonchev–Trinajstić information content (AvgIpc) is 3.10. The third kappa shape index (κ3) is 5.12. The summed E-state index contributed by atoms with van der Waals surface area (Å²) in [7, 11) is 0. The highest BCUT2D eigenvalue weighted by Crippen LogP contribution is 2.23. The van der Waals surface area contributed by atoms with Gasteiger partial charge in [-0.2, -0.15) is 0 Å². The number of benzene rings is 1. The molecule has 0 spiro atoms. The zero-order valence-electron chi connectivity index (χ0n) is 13.9. The molecule has 0 aliphatic heterocycles. The van der Waals surface area contributed by atoms with Crippen molar-refractivity contribution in [2.45, 2.75) is 32.9 Å². The zero-order valence-corrected chi connectivity index (χ0v) is 14.8. The second kappa shape index (κ2) is 8.39. The first-order chi connectivity index (χ1) is 11.9. The lowest BCUT2D eigenvalue weighted by Gasteiger charge is -2.12. The van der Waals surface area contributed by atoms with Crippen LogP contribution in [-0.2, 0) is 6.54 Å². The van der Waals surface area contributed by atoms with Gasteiger partial charge in [-0.05, 0) is 37.1 Å². The maximum absolute atomic E-state index is 12.1. The molecule has 2 amide bonds. The molecule has 132 valence electrons. The number of carbonyl (C=O) groups is 2. The van der Waals surface area contributed by atoms with E-state index in [9.17, 15) is 19.7 Å². The van der Waals surface area contributed by atoms with Crippen LogP contribution in [0.15, 0.2) is 36.4 Å². The van der Waals surface area contributed by atoms with Crippen LogP contribution in [0.4, 0.5) is 5.00 Å². The van der Waals surface area contributed by atoms with Crippen molar-refractivity contribution in [3.63, 3.8) is 0 Å². The minimum atomic E-state index is -0.527. The number of rotatable bonds is 7. The Labute approximate surface area is 149 Å². The lowest BCUT2D eigenvalue weighted by atomic mass is 10.1. The molecular formula is C17H19N3O4S. The molecule has 0 radical (unpaired) electrons. The van der Waals surface area contributed by atoms with Gasteiger partial charge in [0.1, 0.15) is 0 Å². The van der Waals surface area contributed by atoms with E-state index in [1.54, 1.807) is 24.3 Å². The van der Waals surface area contributed by atoms with Gasteiger partial charge < -0.3 is 10.6 Å². The van der Waals surface area contributed by atoms with Gasteiger partial charge in [-0.1, -0.05) is 30.4 Å². The number of hydrogen-bond acceptors (Lipinski definition) is 5. The fourth-order valence-corrected chi connectivity index (χ4v) is 2.79. The molecule has 1 heterocycles. The van der Waals surface area contributed by atoms with Crippen LogP contribution in [0.25, 0.3) is 0 Å². The van der Waals surface area contributed by atoms with E-state index >= 15 is 0 Å². The third-order valence-corrected chi connectivity index (χ3v) is 4.66. The Morgan fingerprint density at radius 2 is 2.00 bits per heavy atom. The Morgan fingerprint density at radius 1 is 1.24 bits per heavy atom. The summed E-state index contributed by atoms with van der Waals surface area (Å²) in [6, 6.07) is 9.80. The summed E-state index contributed by atoms with van der Waals surface area (Å²) in [6.07, 6.45) is 0.842. The highest BCUT2D eigenvalue weighted by atomic mass is 32.1. The summed E-state index contributed by atoms with van der Waals surface area (Å²) in [6.45, 7) is 4.16. The Bertz CT molecular complexity index is 788. The number of thiophene rings is 1. The first-order valence-corrected chi connectivity index (χ1v) is 8.64. The quantitative estimate of drug-likeness (QED) is 0.584. The van der Waals surface area contributed by atoms with Crippen LogP contribution in [0.1, 0.15) is 45.9 Å². The fourth-order valence-electron chi connectivity index (χ4n) is 2.05. The molecule has 25 heavy (non-hydrogen) atoms. The van der Waals surface area contributed by atoms with E-state index in [2.05, 4.69) is 10.6 Å². The maximum atomic E-state index is 12.1. The minimum Gasteiger partial charge on any atom is -0.350 e. The molecule has 1 aromatic heterocycles. The largest absolute Gasteiger partial charge is 0.350 e. The van der Waals surface area contributed by atoms with Gasteiger partial charge in [0.2, 0.25) is 0 Å². The van der Waals surface area contributed by atoms with Gasteiger partial charge in [0.05, 0.1) is 9.80 Å². The molecule has 0 aliphatic rings. The molecule has 2 aromatic rings. The van der Waals surface area contributed by atoms with E-state index in [1.165, 1.54) is 12.1 Å². The van der Waals surface area contributed by atoms with Crippen molar-refractivity contribution in [2.24, 2.45) is 0 Å². The van der Waals surface area contributed by atoms with E-state index in [4.69, 9.17) is 0 Å². The van der Waals surface area contributed by atoms with E-state index < -0.39 is 4.92 Å². The Morgan fingerprint density at radius 3 is 2.64 bits per heavy atom. The Kier molecular flexibility index (Phi) is 6.24. The van der Waals surface area contributed by atoms with E-state index in [0.717, 1.165) is 23.3 Å². The molecule has 1 unspecified atom stereocenters. The molecule has 7 nitrogen and oxygen atoms in total. The summed E-state index contributed by atoms with van der Waals surface area (Å²) in [5.41, 5.74) is 1.30. The van der Waals surface area contributed by atoms with Crippen LogP contribution in [0.2, 0.25) is 0 Å². The highest BCUT2D eigenvalue weighted by molar-refractivity contribution is 7.17. The Balaban J connectivity index is 1.98. The first-order valence-electron chi connectivity index (χ1n) is 7.83. The fraction of sp³-hybridized carbons (Fsp3) is 0.294. The van der Waals surface area contributed by atoms with Gasteiger partial charge in [0.15, 0.2) is 0 Å². The highest BCUT2D eigenvalue weighted by Gasteiger charge is 2.15. The maximum Gasteiger partial charge on any atom is 0.324 e. The minimum absolute atomic E-state index is 0.0751. The third-order valence-electron chi connectivity index (χ3n) is 3.63. The standard InChI is InChI=1S/C17H19N3O4S/c1-3-11(2)19-16(21)13-6-4-5-12(9-13)10-18-17(22)14-7-8-15(25-14)20(23)24/h4-9,11H,3,10H2,1-2H3,(H,18,22)(H,19,21). The molecule has 1 atom stereocenters. The molecule has 0 aliphatic carbocycles. The normalized spacial score (nSPS) is 11.6. The number of nitro groups is 1. The molecule has 0 bridgehead atoms. The van der Waals surface area contributed by atoms with Crippen molar-refractivity contribution in [1.82, 2.24) is 10.6 Å². The van der Waals surface area contributed by atoms with Gasteiger partial charge in [0.25, 0.3) is 11.8 Å². The molecular weight excluding hydrogens is 342 g/mol. The topological polar surface area (TPSA) is 101 Å². The number of amides is 2. The van der Waals surface area contributed by atoms with Crippen molar-refractivity contribution >= 4 is 28.2 Å². The van der Waals surface area contributed by atoms with Gasteiger partial charge in [0, 0.05) is 24.2 Å². The van der Waals surface area contributed by atoms with Crippen LogP contribution in [0.5, 0.6) is 0 Å². The lowest BCUT2D eigenvalue weighted by Crippen LogP contribution is -2.32. The summed E-state index contributed by atoms with van der Waals surface area (Å²) < 4.78 is 0. The summed E-state index contributed by atoms with van der Waals surface area (Å²) in [5.74, 6) is -0.538. The van der Waals surface area contributed by atoms with E-state index in [-0.39, 0.29) is 34.3 Å². The molecule has 8 heteroatoms. The SMILES string of the molecule is CCC(C)NC(=O)c1cccc(CNC(=O)c2ccc([N+](=O)[O-])s2)c1. The van der Waals surface area contributed by atoms with Gasteiger partial charge in [-0.25, -0.2) is 0 Å². The predicted molar refractivity (Wildman–Crippen MR) is 95.8 cm³/mol. The second-order valence-electron chi connectivity index (χ2n) is 5.56. The molecule has 1 aromatic carbocycles. The lowest BCUT2D eigenvalue weighted by molar-refractivity contribution is -0.380. The van der Waals surface area contributed by atoms with Gasteiger partial charge >= 0.3 is 5.00 Å². The van der Waals surface area contributed by atoms with Gasteiger partial charge in [-0.3, -0.25) is 19.7 Å². The Hall–Kier alpha value is -2.74. The number of hydrogen-bond donors (Lipinski definition) is 2. The van der Waals surface area contributed by atoms with Crippen molar-refractivity contribution in [2.75, 3.05) is 0 Å². The van der Waals surface area contributed by atoms with Crippen LogP contribution < -0.4 is 10.6 Å². The zero-order chi connectivity index (χ0) is 18.4. The molecule has 2 rings (SSSR count). The van der Waals surface area contributed by atoms with Crippen LogP contribution >= 0.6 is 11.3 Å². The van der Waals surface area contributed by atoms with Crippen molar-refractivity contribution in [1.29, 1.82) is 0 Å². The molecule has 0 fully saturated rings. The summed E-state index contributed by atoms with van der Waals surface area (Å²) in [4.78, 5) is 34.6. The molecule has 0 saturated carbocycles. The smallest absolute Gasteiger partial charge is 0.324 e. The first kappa shape index (κ1) is 18.6. The van der Waals surface area contributed by atoms with Gasteiger partial charge in [-0.15, -0.1) is 0 Å². The average molecular weight is 361 g/mol. The van der Waals surface area contributed by atoms with Crippen LogP contribution in [-0.4, -0.2) is 22.8 Å². The van der Waals surface area contributed by atoms with E-state index in [1.807, 2.05) is 13.8 Å². The van der Waals surface area contributed by atoms with Crippen molar-refractivity contribution in [3.05, 3.63) is 62.5 Å². The second-order valence-corrected chi connectivity index (χ2v) is 6.62. The van der Waals surface area contributed by atoms with Crippen molar-refractivity contribution in [3.8, 4) is 0 Å². The molecule has 2 N–H and O–H groups in total. The number of nitrogens with one attached hydrogen (secondary N) is 2. The summed E-state index contributed by atoms with van der Waals surface area (Å²) in [5, 5.41) is 16.2. The van der Waals surface area contributed by atoms with Crippen molar-refractivity contribution < 1.29 is 14.5 Å². The van der Waals surface area contributed by atoms with E-state index in [0.29, 0.717) is 5.56 Å². The summed E-state index contributed by atoms with van der Waals surface area (Å²) >= 11 is 0.826. The van der Waals surface area contributed by atoms with Crippen LogP contribution in [0.3, 0.4) is 0 Å². The molecule has 0 saturated heterocycles. The number of carbonyl (C=O) groups excluding carboxylic acids is 2.